The van der Waals surface area contributed by atoms with Crippen LogP contribution in [0.4, 0.5) is 5.69 Å². The van der Waals surface area contributed by atoms with E-state index in [1.807, 2.05) is 49.9 Å². The number of hydrogen-bond acceptors (Lipinski definition) is 8. The number of amides is 3. The van der Waals surface area contributed by atoms with Crippen LogP contribution in [0, 0.1) is 23.7 Å². The molecule has 4 heterocycles. The van der Waals surface area contributed by atoms with E-state index in [9.17, 15) is 19.5 Å². The Balaban J connectivity index is 1.52. The maximum Gasteiger partial charge on any atom is 0.247 e. The van der Waals surface area contributed by atoms with E-state index < -0.39 is 28.7 Å². The second-order valence-electron chi connectivity index (χ2n) is 13.5. The number of morpholine rings is 1. The molecule has 4 aliphatic rings. The number of ether oxygens (including phenoxy) is 2. The van der Waals surface area contributed by atoms with Gasteiger partial charge in [0.2, 0.25) is 17.7 Å². The highest BCUT2D eigenvalue weighted by Gasteiger charge is 2.77. The predicted molar refractivity (Wildman–Crippen MR) is 185 cm³/mol. The number of benzene rings is 1. The van der Waals surface area contributed by atoms with Crippen molar-refractivity contribution in [1.82, 2.24) is 14.7 Å². The number of fused-ring (bicyclic) bond motifs is 1. The number of aliphatic hydroxyl groups excluding tert-OH is 1. The molecule has 2 bridgehead atoms. The van der Waals surface area contributed by atoms with Gasteiger partial charge in [-0.3, -0.25) is 19.3 Å². The molecular weight excluding hydrogens is 616 g/mol. The summed E-state index contributed by atoms with van der Waals surface area (Å²) in [4.78, 5) is 52.0. The molecule has 4 saturated heterocycles. The van der Waals surface area contributed by atoms with Crippen LogP contribution < -0.4 is 9.64 Å². The molecule has 0 aliphatic carbocycles. The summed E-state index contributed by atoms with van der Waals surface area (Å²) in [7, 11) is 0. The zero-order valence-corrected chi connectivity index (χ0v) is 29.2. The van der Waals surface area contributed by atoms with Crippen molar-refractivity contribution in [1.29, 1.82) is 0 Å². The van der Waals surface area contributed by atoms with Crippen LogP contribution in [0.25, 0.3) is 0 Å². The Morgan fingerprint density at radius 2 is 1.83 bits per heavy atom. The SMILES string of the molecule is C=CCN(CCN1CCOCC1)C(=O)C1N([C@@H](CO)C(C)C)C(=O)[C@@H]2[C@@H](C(=O)N(CC=C)c3ccc(OCC)cc3)[C@H]3CC(C)C12S3. The molecule has 1 aromatic carbocycles. The smallest absolute Gasteiger partial charge is 0.247 e. The largest absolute Gasteiger partial charge is 0.494 e. The molecule has 1 aromatic rings. The van der Waals surface area contributed by atoms with Crippen molar-refractivity contribution in [3.8, 4) is 5.75 Å². The number of carbonyl (C=O) groups is 3. The van der Waals surface area contributed by atoms with Gasteiger partial charge in [0, 0.05) is 50.2 Å². The summed E-state index contributed by atoms with van der Waals surface area (Å²) >= 11 is 1.66. The van der Waals surface area contributed by atoms with Crippen LogP contribution in [0.3, 0.4) is 0 Å². The number of likely N-dealkylation sites (tertiary alicyclic amines) is 1. The molecular formula is C36H52N4O6S. The predicted octanol–water partition coefficient (Wildman–Crippen LogP) is 3.31. The molecule has 1 N–H and O–H groups in total. The molecule has 5 rings (SSSR count). The molecule has 258 valence electrons. The minimum absolute atomic E-state index is 0.0177. The number of rotatable bonds is 15. The molecule has 3 amide bonds. The van der Waals surface area contributed by atoms with E-state index in [0.717, 1.165) is 25.3 Å². The van der Waals surface area contributed by atoms with Crippen molar-refractivity contribution < 1.29 is 29.0 Å². The van der Waals surface area contributed by atoms with Gasteiger partial charge in [0.15, 0.2) is 0 Å². The minimum Gasteiger partial charge on any atom is -0.494 e. The molecule has 0 saturated carbocycles. The van der Waals surface area contributed by atoms with Crippen molar-refractivity contribution in [2.45, 2.75) is 56.2 Å². The van der Waals surface area contributed by atoms with Gasteiger partial charge in [-0.2, -0.15) is 0 Å². The minimum atomic E-state index is -0.801. The second kappa shape index (κ2) is 15.1. The summed E-state index contributed by atoms with van der Waals surface area (Å²) in [6.07, 6.45) is 4.16. The van der Waals surface area contributed by atoms with E-state index in [0.29, 0.717) is 45.1 Å². The summed E-state index contributed by atoms with van der Waals surface area (Å²) in [5, 5.41) is 10.6. The molecule has 3 unspecified atom stereocenters. The maximum atomic E-state index is 14.9. The number of carbonyl (C=O) groups excluding carboxylic acids is 3. The van der Waals surface area contributed by atoms with Gasteiger partial charge in [-0.05, 0) is 49.4 Å². The Labute approximate surface area is 284 Å². The second-order valence-corrected chi connectivity index (χ2v) is 15.0. The topological polar surface area (TPSA) is 103 Å². The lowest BCUT2D eigenvalue weighted by Gasteiger charge is -2.43. The lowest BCUT2D eigenvalue weighted by Crippen LogP contribution is -2.60. The number of anilines is 1. The summed E-state index contributed by atoms with van der Waals surface area (Å²) in [6, 6.07) is 6.06. The van der Waals surface area contributed by atoms with E-state index in [2.05, 4.69) is 25.0 Å². The van der Waals surface area contributed by atoms with Gasteiger partial charge in [0.05, 0.1) is 49.1 Å². The van der Waals surface area contributed by atoms with Crippen molar-refractivity contribution in [3.63, 3.8) is 0 Å². The van der Waals surface area contributed by atoms with Gasteiger partial charge in [-0.1, -0.05) is 32.9 Å². The Hall–Kier alpha value is -2.86. The molecule has 0 aromatic heterocycles. The fraction of sp³-hybridized carbons (Fsp3) is 0.639. The molecule has 11 heteroatoms. The molecule has 47 heavy (non-hydrogen) atoms. The zero-order chi connectivity index (χ0) is 33.9. The Kier molecular flexibility index (Phi) is 11.4. The maximum absolute atomic E-state index is 14.9. The zero-order valence-electron chi connectivity index (χ0n) is 28.4. The lowest BCUT2D eigenvalue weighted by molar-refractivity contribution is -0.146. The highest BCUT2D eigenvalue weighted by molar-refractivity contribution is 8.02. The Bertz CT molecular complexity index is 1300. The number of thioether (sulfide) groups is 1. The van der Waals surface area contributed by atoms with Crippen LogP contribution in [0.2, 0.25) is 0 Å². The third kappa shape index (κ3) is 6.48. The summed E-state index contributed by atoms with van der Waals surface area (Å²) in [6.45, 7) is 20.9. The van der Waals surface area contributed by atoms with Crippen LogP contribution >= 0.6 is 11.8 Å². The molecule has 0 radical (unpaired) electrons. The molecule has 4 fully saturated rings. The van der Waals surface area contributed by atoms with E-state index >= 15 is 0 Å². The quantitative estimate of drug-likeness (QED) is 0.284. The first-order chi connectivity index (χ1) is 22.6. The molecule has 4 aliphatic heterocycles. The van der Waals surface area contributed by atoms with Crippen LogP contribution in [-0.4, -0.2) is 125 Å². The standard InChI is InChI=1S/C36H52N4O6S/c1-7-14-38(17-16-37-18-20-45-21-19-37)35(44)32-36-25(6)22-29(47-36)30(31(36)34(43)40(32)28(23-41)24(4)5)33(42)39(15-8-2)26-10-12-27(13-11-26)46-9-3/h7-8,10-13,24-25,28-32,41H,1-2,9,14-23H2,3-6H3/t25?,28-,29+,30-,31-,32?,36?/m0/s1. The average Bonchev–Trinajstić information content (AvgIpc) is 3.66. The first-order valence-electron chi connectivity index (χ1n) is 17.1. The third-order valence-corrected chi connectivity index (χ3v) is 12.6. The fourth-order valence-electron chi connectivity index (χ4n) is 8.23. The number of hydrogen-bond donors (Lipinski definition) is 1. The first kappa shape index (κ1) is 35.4. The average molecular weight is 669 g/mol. The van der Waals surface area contributed by atoms with Gasteiger partial charge in [-0.15, -0.1) is 24.9 Å². The van der Waals surface area contributed by atoms with Crippen LogP contribution in [0.15, 0.2) is 49.6 Å². The van der Waals surface area contributed by atoms with Gasteiger partial charge >= 0.3 is 0 Å². The highest BCUT2D eigenvalue weighted by atomic mass is 32.2. The van der Waals surface area contributed by atoms with Gasteiger partial charge in [-0.25, -0.2) is 0 Å². The van der Waals surface area contributed by atoms with Crippen LogP contribution in [-0.2, 0) is 19.1 Å². The molecule has 7 atom stereocenters. The molecule has 1 spiro atoms. The van der Waals surface area contributed by atoms with Crippen LogP contribution in [0.1, 0.15) is 34.1 Å². The normalized spacial score (nSPS) is 29.1. The van der Waals surface area contributed by atoms with E-state index in [1.165, 1.54) is 0 Å². The number of aliphatic hydroxyl groups is 1. The summed E-state index contributed by atoms with van der Waals surface area (Å²) in [5.41, 5.74) is 0.707. The Morgan fingerprint density at radius 3 is 2.43 bits per heavy atom. The van der Waals surface area contributed by atoms with E-state index in [4.69, 9.17) is 9.47 Å². The van der Waals surface area contributed by atoms with E-state index in [-0.39, 0.29) is 48.0 Å². The molecule has 10 nitrogen and oxygen atoms in total. The van der Waals surface area contributed by atoms with Crippen molar-refractivity contribution in [3.05, 3.63) is 49.6 Å². The van der Waals surface area contributed by atoms with Crippen molar-refractivity contribution >= 4 is 35.2 Å². The fourth-order valence-corrected chi connectivity index (χ4v) is 10.6. The first-order valence-corrected chi connectivity index (χ1v) is 18.0. The lowest BCUT2D eigenvalue weighted by atomic mass is 9.65. The number of nitrogens with zero attached hydrogens (tertiary/aromatic N) is 4. The summed E-state index contributed by atoms with van der Waals surface area (Å²) < 4.78 is 10.3. The van der Waals surface area contributed by atoms with Gasteiger partial charge < -0.3 is 29.3 Å². The van der Waals surface area contributed by atoms with Crippen molar-refractivity contribution in [2.24, 2.45) is 23.7 Å². The monoisotopic (exact) mass is 668 g/mol. The van der Waals surface area contributed by atoms with E-state index in [1.54, 1.807) is 33.7 Å². The van der Waals surface area contributed by atoms with Gasteiger partial charge in [0.25, 0.3) is 0 Å². The Morgan fingerprint density at radius 1 is 1.15 bits per heavy atom. The van der Waals surface area contributed by atoms with Crippen LogP contribution in [0.5, 0.6) is 5.75 Å². The summed E-state index contributed by atoms with van der Waals surface area (Å²) in [5.74, 6) is -1.11. The third-order valence-electron chi connectivity index (χ3n) is 10.5. The van der Waals surface area contributed by atoms with Gasteiger partial charge in [0.1, 0.15) is 11.8 Å². The highest BCUT2D eigenvalue weighted by Crippen LogP contribution is 2.69. The van der Waals surface area contributed by atoms with Crippen molar-refractivity contribution in [2.75, 3.05) is 70.6 Å².